The van der Waals surface area contributed by atoms with Crippen molar-refractivity contribution >= 4 is 11.8 Å². The van der Waals surface area contributed by atoms with E-state index in [1.807, 2.05) is 17.2 Å². The van der Waals surface area contributed by atoms with Crippen LogP contribution in [0.4, 0.5) is 0 Å². The maximum absolute atomic E-state index is 13.5. The third-order valence-electron chi connectivity index (χ3n) is 6.12. The van der Waals surface area contributed by atoms with Gasteiger partial charge in [-0.1, -0.05) is 5.16 Å². The molecule has 10 heteroatoms. The Morgan fingerprint density at radius 1 is 1.39 bits per heavy atom. The summed E-state index contributed by atoms with van der Waals surface area (Å²) < 4.78 is 18.0. The summed E-state index contributed by atoms with van der Waals surface area (Å²) in [6.07, 6.45) is 5.23. The number of methoxy groups -OCH3 is 1. The number of carbonyl (C=O) groups is 2. The summed E-state index contributed by atoms with van der Waals surface area (Å²) in [5.41, 5.74) is 0.470. The van der Waals surface area contributed by atoms with Crippen molar-refractivity contribution in [1.82, 2.24) is 24.7 Å². The van der Waals surface area contributed by atoms with Crippen LogP contribution in [0.2, 0.25) is 0 Å². The third kappa shape index (κ3) is 4.35. The van der Waals surface area contributed by atoms with Gasteiger partial charge >= 0.3 is 0 Å². The van der Waals surface area contributed by atoms with E-state index in [-0.39, 0.29) is 23.9 Å². The zero-order chi connectivity index (χ0) is 21.8. The minimum atomic E-state index is -0.516. The normalized spacial score (nSPS) is 21.8. The number of aromatic nitrogens is 3. The molecule has 2 aromatic rings. The van der Waals surface area contributed by atoms with Crippen molar-refractivity contribution in [3.05, 3.63) is 35.5 Å². The number of nitrogens with zero attached hydrogens (tertiary/aromatic N) is 5. The van der Waals surface area contributed by atoms with Gasteiger partial charge in [0, 0.05) is 64.3 Å². The molecule has 10 nitrogen and oxygen atoms in total. The fourth-order valence-electron chi connectivity index (χ4n) is 4.44. The molecule has 0 aliphatic carbocycles. The van der Waals surface area contributed by atoms with Gasteiger partial charge in [0.2, 0.25) is 5.91 Å². The molecule has 0 bridgehead atoms. The van der Waals surface area contributed by atoms with Gasteiger partial charge in [0.25, 0.3) is 5.91 Å². The first-order valence-corrected chi connectivity index (χ1v) is 10.6. The van der Waals surface area contributed by atoms with E-state index in [0.717, 1.165) is 6.42 Å². The van der Waals surface area contributed by atoms with Crippen LogP contribution in [0.1, 0.15) is 41.1 Å². The molecule has 4 heterocycles. The number of amides is 2. The molecule has 31 heavy (non-hydrogen) atoms. The van der Waals surface area contributed by atoms with Crippen molar-refractivity contribution in [3.63, 3.8) is 0 Å². The quantitative estimate of drug-likeness (QED) is 0.605. The first-order valence-electron chi connectivity index (χ1n) is 10.6. The highest BCUT2D eigenvalue weighted by atomic mass is 16.5. The molecule has 0 saturated carbocycles. The molecule has 1 atom stereocenters. The molecule has 2 amide bonds. The average Bonchev–Trinajstić information content (AvgIpc) is 3.50. The van der Waals surface area contributed by atoms with Gasteiger partial charge in [-0.2, -0.15) is 5.10 Å². The highest BCUT2D eigenvalue weighted by Crippen LogP contribution is 2.32. The molecule has 2 aromatic heterocycles. The second kappa shape index (κ2) is 9.19. The van der Waals surface area contributed by atoms with E-state index in [4.69, 9.17) is 14.0 Å². The summed E-state index contributed by atoms with van der Waals surface area (Å²) in [5, 5.41) is 8.28. The van der Waals surface area contributed by atoms with E-state index in [1.165, 1.54) is 0 Å². The lowest BCUT2D eigenvalue weighted by Gasteiger charge is -2.40. The molecule has 0 N–H and O–H groups in total. The SMILES string of the molecule is COCCCN1C(=O)CCN(C(=O)c2noc(C)c2Cn2cccn2)CC12CCOC2. The van der Waals surface area contributed by atoms with Crippen LogP contribution < -0.4 is 0 Å². The standard InChI is InChI=1S/C21H29N5O5/c1-16-17(13-25-8-3-7-22-25)19(23-31-16)20(28)24-10-5-18(27)26(9-4-11-29-2)21(14-24)6-12-30-15-21/h3,7-8H,4-6,9-15H2,1-2H3. The zero-order valence-electron chi connectivity index (χ0n) is 18.1. The molecular weight excluding hydrogens is 402 g/mol. The first kappa shape index (κ1) is 21.5. The molecule has 168 valence electrons. The van der Waals surface area contributed by atoms with Crippen molar-refractivity contribution in [2.75, 3.05) is 46.6 Å². The molecule has 1 spiro atoms. The molecule has 2 fully saturated rings. The third-order valence-corrected chi connectivity index (χ3v) is 6.12. The Morgan fingerprint density at radius 2 is 2.26 bits per heavy atom. The van der Waals surface area contributed by atoms with Crippen LogP contribution in [0.25, 0.3) is 0 Å². The fraction of sp³-hybridized carbons (Fsp3) is 0.619. The van der Waals surface area contributed by atoms with Gasteiger partial charge in [0.05, 0.1) is 18.7 Å². The summed E-state index contributed by atoms with van der Waals surface area (Å²) in [6.45, 7) is 5.11. The number of carbonyl (C=O) groups excluding carboxylic acids is 2. The van der Waals surface area contributed by atoms with Crippen LogP contribution in [0.5, 0.6) is 0 Å². The maximum Gasteiger partial charge on any atom is 0.276 e. The predicted octanol–water partition coefficient (Wildman–Crippen LogP) is 1.10. The van der Waals surface area contributed by atoms with E-state index in [9.17, 15) is 9.59 Å². The van der Waals surface area contributed by atoms with Gasteiger partial charge in [-0.25, -0.2) is 0 Å². The Kier molecular flexibility index (Phi) is 6.38. The molecule has 2 saturated heterocycles. The van der Waals surface area contributed by atoms with Crippen molar-refractivity contribution in [2.24, 2.45) is 0 Å². The molecule has 2 aliphatic rings. The molecule has 0 aromatic carbocycles. The lowest BCUT2D eigenvalue weighted by molar-refractivity contribution is -0.136. The Bertz CT molecular complexity index is 903. The van der Waals surface area contributed by atoms with Crippen molar-refractivity contribution < 1.29 is 23.6 Å². The van der Waals surface area contributed by atoms with Crippen molar-refractivity contribution in [1.29, 1.82) is 0 Å². The van der Waals surface area contributed by atoms with Crippen molar-refractivity contribution in [3.8, 4) is 0 Å². The van der Waals surface area contributed by atoms with E-state index in [0.29, 0.717) is 63.7 Å². The van der Waals surface area contributed by atoms with Gasteiger partial charge in [0.1, 0.15) is 5.76 Å². The monoisotopic (exact) mass is 431 g/mol. The lowest BCUT2D eigenvalue weighted by atomic mass is 9.95. The van der Waals surface area contributed by atoms with Gasteiger partial charge in [0.15, 0.2) is 5.69 Å². The maximum atomic E-state index is 13.5. The Morgan fingerprint density at radius 3 is 2.97 bits per heavy atom. The topological polar surface area (TPSA) is 103 Å². The molecule has 2 aliphatic heterocycles. The van der Waals surface area contributed by atoms with Gasteiger partial charge < -0.3 is 23.8 Å². The first-order chi connectivity index (χ1) is 15.0. The van der Waals surface area contributed by atoms with Gasteiger partial charge in [-0.15, -0.1) is 0 Å². The second-order valence-electron chi connectivity index (χ2n) is 8.16. The Balaban J connectivity index is 1.58. The average molecular weight is 431 g/mol. The predicted molar refractivity (Wildman–Crippen MR) is 109 cm³/mol. The molecule has 1 unspecified atom stereocenters. The van der Waals surface area contributed by atoms with E-state index >= 15 is 0 Å². The summed E-state index contributed by atoms with van der Waals surface area (Å²) in [4.78, 5) is 30.2. The highest BCUT2D eigenvalue weighted by Gasteiger charge is 2.47. The summed E-state index contributed by atoms with van der Waals surface area (Å²) in [6, 6.07) is 1.83. The van der Waals surface area contributed by atoms with Crippen LogP contribution in [0.3, 0.4) is 0 Å². The van der Waals surface area contributed by atoms with Crippen LogP contribution in [-0.4, -0.2) is 88.7 Å². The smallest absolute Gasteiger partial charge is 0.276 e. The van der Waals surface area contributed by atoms with E-state index < -0.39 is 5.54 Å². The van der Waals surface area contributed by atoms with Crippen molar-refractivity contribution in [2.45, 2.75) is 38.3 Å². The van der Waals surface area contributed by atoms with Crippen LogP contribution in [-0.2, 0) is 20.8 Å². The number of rotatable bonds is 7. The van der Waals surface area contributed by atoms with Gasteiger partial charge in [-0.3, -0.25) is 14.3 Å². The number of hydrogen-bond acceptors (Lipinski definition) is 7. The largest absolute Gasteiger partial charge is 0.385 e. The summed E-state index contributed by atoms with van der Waals surface area (Å²) in [5.74, 6) is 0.409. The number of aryl methyl sites for hydroxylation is 1. The molecule has 4 rings (SSSR count). The van der Waals surface area contributed by atoms with Crippen LogP contribution >= 0.6 is 0 Å². The second-order valence-corrected chi connectivity index (χ2v) is 8.16. The highest BCUT2D eigenvalue weighted by molar-refractivity contribution is 5.94. The van der Waals surface area contributed by atoms with Crippen LogP contribution in [0, 0.1) is 6.92 Å². The van der Waals surface area contributed by atoms with Gasteiger partial charge in [-0.05, 0) is 25.8 Å². The summed E-state index contributed by atoms with van der Waals surface area (Å²) >= 11 is 0. The minimum absolute atomic E-state index is 0.0463. The molecular formula is C21H29N5O5. The van der Waals surface area contributed by atoms with E-state index in [2.05, 4.69) is 10.3 Å². The van der Waals surface area contributed by atoms with E-state index in [1.54, 1.807) is 29.8 Å². The number of ether oxygens (including phenoxy) is 2. The molecule has 0 radical (unpaired) electrons. The Labute approximate surface area is 181 Å². The lowest BCUT2D eigenvalue weighted by Crippen LogP contribution is -2.57. The minimum Gasteiger partial charge on any atom is -0.385 e. The summed E-state index contributed by atoms with van der Waals surface area (Å²) in [7, 11) is 1.65. The zero-order valence-corrected chi connectivity index (χ0v) is 18.1. The number of hydrogen-bond donors (Lipinski definition) is 0. The Hall–Kier alpha value is -2.72. The fourth-order valence-corrected chi connectivity index (χ4v) is 4.44. The van der Waals surface area contributed by atoms with Crippen LogP contribution in [0.15, 0.2) is 23.0 Å².